The van der Waals surface area contributed by atoms with Gasteiger partial charge in [-0.3, -0.25) is 9.89 Å². The minimum atomic E-state index is 0.0802. The maximum Gasteiger partial charge on any atom is 0.223 e. The molecule has 1 aliphatic heterocycles. The summed E-state index contributed by atoms with van der Waals surface area (Å²) < 4.78 is 0. The Kier molecular flexibility index (Phi) is 1.56. The number of aromatic amines is 1. The minimum absolute atomic E-state index is 0.0802. The Balaban J connectivity index is 2.22. The smallest absolute Gasteiger partial charge is 0.223 e. The van der Waals surface area contributed by atoms with Gasteiger partial charge in [-0.05, 0) is 24.1 Å². The summed E-state index contributed by atoms with van der Waals surface area (Å²) in [6.07, 6.45) is 0.907. The first-order valence-corrected chi connectivity index (χ1v) is 4.87. The van der Waals surface area contributed by atoms with E-state index in [1.54, 1.807) is 11.8 Å². The predicted octanol–water partition coefficient (Wildman–Crippen LogP) is 0.867. The molecule has 0 spiro atoms. The van der Waals surface area contributed by atoms with Crippen LogP contribution in [0.1, 0.15) is 12.5 Å². The molecule has 0 bridgehead atoms. The largest absolute Gasteiger partial charge is 0.312 e. The van der Waals surface area contributed by atoms with E-state index in [0.717, 1.165) is 29.7 Å². The zero-order valence-electron chi connectivity index (χ0n) is 8.32. The Bertz CT molecular complexity index is 545. The molecule has 0 atom stereocenters. The van der Waals surface area contributed by atoms with E-state index >= 15 is 0 Å². The molecule has 3 rings (SSSR count). The fraction of sp³-hybridized carbons (Fsp3) is 0.300. The number of amides is 1. The zero-order chi connectivity index (χ0) is 10.4. The molecule has 0 aliphatic carbocycles. The van der Waals surface area contributed by atoms with Crippen LogP contribution in [0.15, 0.2) is 12.1 Å². The summed E-state index contributed by atoms with van der Waals surface area (Å²) in [5, 5.41) is 10.5. The topological polar surface area (TPSA) is 61.9 Å². The molecule has 0 unspecified atom stereocenters. The van der Waals surface area contributed by atoms with Crippen molar-refractivity contribution >= 4 is 22.6 Å². The van der Waals surface area contributed by atoms with E-state index in [4.69, 9.17) is 0 Å². The van der Waals surface area contributed by atoms with Crippen LogP contribution in [0.5, 0.6) is 0 Å². The molecule has 1 N–H and O–H groups in total. The second kappa shape index (κ2) is 2.79. The van der Waals surface area contributed by atoms with Gasteiger partial charge in [0.1, 0.15) is 5.52 Å². The predicted molar refractivity (Wildman–Crippen MR) is 55.6 cm³/mol. The van der Waals surface area contributed by atoms with Crippen LogP contribution in [0, 0.1) is 0 Å². The number of fused-ring (bicyclic) bond motifs is 2. The molecule has 5 nitrogen and oxygen atoms in total. The van der Waals surface area contributed by atoms with Crippen molar-refractivity contribution in [3.8, 4) is 0 Å². The first-order valence-electron chi connectivity index (χ1n) is 4.87. The molecule has 15 heavy (non-hydrogen) atoms. The van der Waals surface area contributed by atoms with Gasteiger partial charge in [-0.25, -0.2) is 0 Å². The van der Waals surface area contributed by atoms with Crippen LogP contribution in [-0.4, -0.2) is 27.9 Å². The first-order chi connectivity index (χ1) is 7.25. The Morgan fingerprint density at radius 3 is 3.20 bits per heavy atom. The molecule has 1 aliphatic rings. The summed E-state index contributed by atoms with van der Waals surface area (Å²) in [6.45, 7) is 2.35. The molecule has 1 aromatic carbocycles. The quantitative estimate of drug-likeness (QED) is 0.689. The second-order valence-corrected chi connectivity index (χ2v) is 3.73. The molecule has 1 amide bonds. The van der Waals surface area contributed by atoms with Crippen molar-refractivity contribution in [2.45, 2.75) is 13.3 Å². The molecule has 1 aromatic heterocycles. The number of hydrogen-bond acceptors (Lipinski definition) is 3. The van der Waals surface area contributed by atoms with Gasteiger partial charge in [-0.1, -0.05) is 5.21 Å². The van der Waals surface area contributed by atoms with Crippen LogP contribution in [-0.2, 0) is 11.2 Å². The number of aromatic nitrogens is 3. The summed E-state index contributed by atoms with van der Waals surface area (Å²) in [4.78, 5) is 13.1. The molecule has 2 heterocycles. The van der Waals surface area contributed by atoms with Crippen LogP contribution in [0.25, 0.3) is 11.0 Å². The molecule has 0 fully saturated rings. The van der Waals surface area contributed by atoms with E-state index in [9.17, 15) is 4.79 Å². The lowest BCUT2D eigenvalue weighted by Crippen LogP contribution is -2.25. The van der Waals surface area contributed by atoms with Crippen molar-refractivity contribution in [1.29, 1.82) is 0 Å². The van der Waals surface area contributed by atoms with E-state index in [1.807, 2.05) is 12.1 Å². The van der Waals surface area contributed by atoms with Gasteiger partial charge in [0.05, 0.1) is 5.52 Å². The lowest BCUT2D eigenvalue weighted by molar-refractivity contribution is -0.116. The number of H-pyrrole nitrogens is 1. The minimum Gasteiger partial charge on any atom is -0.312 e. The molecule has 0 saturated heterocycles. The van der Waals surface area contributed by atoms with Gasteiger partial charge >= 0.3 is 0 Å². The first kappa shape index (κ1) is 8.40. The van der Waals surface area contributed by atoms with E-state index in [2.05, 4.69) is 15.4 Å². The van der Waals surface area contributed by atoms with Gasteiger partial charge in [0.15, 0.2) is 0 Å². The number of benzene rings is 1. The number of carbonyl (C=O) groups is 1. The van der Waals surface area contributed by atoms with Gasteiger partial charge in [0, 0.05) is 19.2 Å². The fourth-order valence-electron chi connectivity index (χ4n) is 2.06. The number of anilines is 1. The Morgan fingerprint density at radius 2 is 2.40 bits per heavy atom. The molecule has 0 radical (unpaired) electrons. The van der Waals surface area contributed by atoms with Crippen molar-refractivity contribution in [2.75, 3.05) is 11.4 Å². The standard InChI is InChI=1S/C10H10N4O/c1-6(15)14-3-2-7-4-8-9(5-10(7)14)12-13-11-8/h4-5H,2-3H2,1H3,(H,11,12,13). The molecule has 0 saturated carbocycles. The monoisotopic (exact) mass is 202 g/mol. The molecular formula is C10H10N4O. The van der Waals surface area contributed by atoms with Crippen LogP contribution in [0.4, 0.5) is 5.69 Å². The third-order valence-corrected chi connectivity index (χ3v) is 2.80. The number of nitrogens with zero attached hydrogens (tertiary/aromatic N) is 3. The average Bonchev–Trinajstić information content (AvgIpc) is 2.77. The summed E-state index contributed by atoms with van der Waals surface area (Å²) in [7, 11) is 0. The van der Waals surface area contributed by atoms with E-state index in [0.29, 0.717) is 0 Å². The van der Waals surface area contributed by atoms with Crippen molar-refractivity contribution in [3.05, 3.63) is 17.7 Å². The second-order valence-electron chi connectivity index (χ2n) is 3.73. The maximum atomic E-state index is 11.4. The normalized spacial score (nSPS) is 14.6. The van der Waals surface area contributed by atoms with E-state index < -0.39 is 0 Å². The van der Waals surface area contributed by atoms with Crippen LogP contribution in [0.3, 0.4) is 0 Å². The summed E-state index contributed by atoms with van der Waals surface area (Å²) in [5.41, 5.74) is 3.90. The van der Waals surface area contributed by atoms with Gasteiger partial charge in [0.2, 0.25) is 5.91 Å². The van der Waals surface area contributed by atoms with Crippen LogP contribution < -0.4 is 4.90 Å². The summed E-state index contributed by atoms with van der Waals surface area (Å²) in [6, 6.07) is 3.94. The lowest BCUT2D eigenvalue weighted by atomic mass is 10.1. The number of rotatable bonds is 0. The lowest BCUT2D eigenvalue weighted by Gasteiger charge is -2.13. The van der Waals surface area contributed by atoms with Crippen molar-refractivity contribution < 1.29 is 4.79 Å². The zero-order valence-corrected chi connectivity index (χ0v) is 8.32. The fourth-order valence-corrected chi connectivity index (χ4v) is 2.06. The van der Waals surface area contributed by atoms with Gasteiger partial charge in [-0.15, -0.1) is 5.10 Å². The highest BCUT2D eigenvalue weighted by molar-refractivity contribution is 5.96. The Labute approximate surface area is 86.1 Å². The van der Waals surface area contributed by atoms with Crippen molar-refractivity contribution in [1.82, 2.24) is 15.4 Å². The number of carbonyl (C=O) groups excluding carboxylic acids is 1. The van der Waals surface area contributed by atoms with Crippen LogP contribution >= 0.6 is 0 Å². The number of hydrogen-bond donors (Lipinski definition) is 1. The number of nitrogens with one attached hydrogen (secondary N) is 1. The highest BCUT2D eigenvalue weighted by atomic mass is 16.2. The summed E-state index contributed by atoms with van der Waals surface area (Å²) >= 11 is 0. The SMILES string of the molecule is CC(=O)N1CCc2cc3[nH]nnc3cc21. The van der Waals surface area contributed by atoms with Gasteiger partial charge in [0.25, 0.3) is 0 Å². The summed E-state index contributed by atoms with van der Waals surface area (Å²) in [5.74, 6) is 0.0802. The highest BCUT2D eigenvalue weighted by Gasteiger charge is 2.23. The van der Waals surface area contributed by atoms with E-state index in [-0.39, 0.29) is 5.91 Å². The molecule has 5 heteroatoms. The Hall–Kier alpha value is -1.91. The molecule has 2 aromatic rings. The molecule has 76 valence electrons. The van der Waals surface area contributed by atoms with Gasteiger partial charge < -0.3 is 4.90 Å². The van der Waals surface area contributed by atoms with E-state index in [1.165, 1.54) is 5.56 Å². The highest BCUT2D eigenvalue weighted by Crippen LogP contribution is 2.30. The average molecular weight is 202 g/mol. The third-order valence-electron chi connectivity index (χ3n) is 2.80. The molecular weight excluding hydrogens is 192 g/mol. The maximum absolute atomic E-state index is 11.4. The van der Waals surface area contributed by atoms with Gasteiger partial charge in [-0.2, -0.15) is 0 Å². The third kappa shape index (κ3) is 1.12. The van der Waals surface area contributed by atoms with Crippen molar-refractivity contribution in [2.24, 2.45) is 0 Å². The Morgan fingerprint density at radius 1 is 1.53 bits per heavy atom. The van der Waals surface area contributed by atoms with Crippen molar-refractivity contribution in [3.63, 3.8) is 0 Å². The van der Waals surface area contributed by atoms with Crippen LogP contribution in [0.2, 0.25) is 0 Å².